The van der Waals surface area contributed by atoms with E-state index in [1.54, 1.807) is 0 Å². The van der Waals surface area contributed by atoms with Crippen molar-refractivity contribution in [2.75, 3.05) is 6.54 Å². The predicted octanol–water partition coefficient (Wildman–Crippen LogP) is 0.977. The molecule has 2 heterocycles. The highest BCUT2D eigenvalue weighted by molar-refractivity contribution is 4.92. The van der Waals surface area contributed by atoms with Crippen LogP contribution in [0, 0.1) is 0 Å². The molecule has 1 N–H and O–H groups in total. The Morgan fingerprint density at radius 1 is 1.56 bits per heavy atom. The second-order valence-corrected chi connectivity index (χ2v) is 4.59. The van der Waals surface area contributed by atoms with Gasteiger partial charge in [-0.05, 0) is 33.2 Å². The van der Waals surface area contributed by atoms with Crippen LogP contribution in [0.5, 0.6) is 0 Å². The molecule has 0 amide bonds. The Balaban J connectivity index is 1.98. The van der Waals surface area contributed by atoms with Gasteiger partial charge in [-0.3, -0.25) is 4.90 Å². The molecule has 1 saturated heterocycles. The summed E-state index contributed by atoms with van der Waals surface area (Å²) in [5.41, 5.74) is 0. The molecule has 90 valence electrons. The lowest BCUT2D eigenvalue weighted by Crippen LogP contribution is -2.36. The highest BCUT2D eigenvalue weighted by Crippen LogP contribution is 2.22. The van der Waals surface area contributed by atoms with E-state index < -0.39 is 0 Å². The van der Waals surface area contributed by atoms with Gasteiger partial charge in [-0.1, -0.05) is 5.16 Å². The van der Waals surface area contributed by atoms with Crippen molar-refractivity contribution >= 4 is 0 Å². The number of nitrogens with zero attached hydrogens (tertiary/aromatic N) is 3. The Morgan fingerprint density at radius 2 is 2.38 bits per heavy atom. The fourth-order valence-corrected chi connectivity index (χ4v) is 2.40. The van der Waals surface area contributed by atoms with E-state index in [-0.39, 0.29) is 6.61 Å². The summed E-state index contributed by atoms with van der Waals surface area (Å²) in [6, 6.07) is 1.07. The largest absolute Gasteiger partial charge is 0.388 e. The SMILES string of the molecule is CC(C)N1CCCC1Cc1nc(CO)no1. The summed E-state index contributed by atoms with van der Waals surface area (Å²) in [6.07, 6.45) is 3.23. The van der Waals surface area contributed by atoms with Crippen molar-refractivity contribution in [3.8, 4) is 0 Å². The van der Waals surface area contributed by atoms with Crippen LogP contribution in [-0.2, 0) is 13.0 Å². The lowest BCUT2D eigenvalue weighted by molar-refractivity contribution is 0.192. The fourth-order valence-electron chi connectivity index (χ4n) is 2.40. The first-order chi connectivity index (χ1) is 7.70. The third-order valence-electron chi connectivity index (χ3n) is 3.15. The van der Waals surface area contributed by atoms with Gasteiger partial charge in [0.15, 0.2) is 5.82 Å². The van der Waals surface area contributed by atoms with Crippen LogP contribution in [0.15, 0.2) is 4.52 Å². The van der Waals surface area contributed by atoms with Crippen molar-refractivity contribution in [2.24, 2.45) is 0 Å². The first-order valence-corrected chi connectivity index (χ1v) is 5.88. The molecule has 1 aliphatic heterocycles. The number of aliphatic hydroxyl groups is 1. The Bertz CT molecular complexity index is 338. The summed E-state index contributed by atoms with van der Waals surface area (Å²) < 4.78 is 5.10. The molecule has 0 bridgehead atoms. The van der Waals surface area contributed by atoms with Crippen LogP contribution in [0.25, 0.3) is 0 Å². The number of likely N-dealkylation sites (tertiary alicyclic amines) is 1. The van der Waals surface area contributed by atoms with E-state index >= 15 is 0 Å². The van der Waals surface area contributed by atoms with E-state index in [9.17, 15) is 0 Å². The van der Waals surface area contributed by atoms with E-state index in [4.69, 9.17) is 9.63 Å². The fraction of sp³-hybridized carbons (Fsp3) is 0.818. The molecule has 5 nitrogen and oxygen atoms in total. The molecule has 0 saturated carbocycles. The van der Waals surface area contributed by atoms with Crippen LogP contribution < -0.4 is 0 Å². The Labute approximate surface area is 95.4 Å². The van der Waals surface area contributed by atoms with Crippen molar-refractivity contribution in [1.82, 2.24) is 15.0 Å². The van der Waals surface area contributed by atoms with Gasteiger partial charge in [0.25, 0.3) is 0 Å². The number of hydrogen-bond acceptors (Lipinski definition) is 5. The molecule has 1 aromatic rings. The zero-order valence-corrected chi connectivity index (χ0v) is 9.89. The highest BCUT2D eigenvalue weighted by Gasteiger charge is 2.28. The van der Waals surface area contributed by atoms with Gasteiger partial charge in [-0.2, -0.15) is 4.98 Å². The van der Waals surface area contributed by atoms with Gasteiger partial charge in [-0.25, -0.2) is 0 Å². The van der Waals surface area contributed by atoms with E-state index in [0.29, 0.717) is 23.8 Å². The molecule has 16 heavy (non-hydrogen) atoms. The smallest absolute Gasteiger partial charge is 0.228 e. The molecule has 1 atom stereocenters. The first-order valence-electron chi connectivity index (χ1n) is 5.88. The lowest BCUT2D eigenvalue weighted by atomic mass is 10.1. The quantitative estimate of drug-likeness (QED) is 0.827. The Kier molecular flexibility index (Phi) is 3.56. The summed E-state index contributed by atoms with van der Waals surface area (Å²) in [5.74, 6) is 1.02. The summed E-state index contributed by atoms with van der Waals surface area (Å²) in [6.45, 7) is 5.43. The number of aliphatic hydroxyl groups excluding tert-OH is 1. The zero-order chi connectivity index (χ0) is 11.5. The van der Waals surface area contributed by atoms with Gasteiger partial charge in [0, 0.05) is 18.5 Å². The van der Waals surface area contributed by atoms with Crippen molar-refractivity contribution in [1.29, 1.82) is 0 Å². The maximum atomic E-state index is 8.86. The molecule has 1 aromatic heterocycles. The van der Waals surface area contributed by atoms with Crippen LogP contribution in [0.1, 0.15) is 38.4 Å². The molecule has 1 aliphatic rings. The molecule has 1 fully saturated rings. The molecular formula is C11H19N3O2. The number of aromatic nitrogens is 2. The average Bonchev–Trinajstić information content (AvgIpc) is 2.87. The monoisotopic (exact) mass is 225 g/mol. The van der Waals surface area contributed by atoms with Crippen molar-refractivity contribution in [3.05, 3.63) is 11.7 Å². The molecule has 2 rings (SSSR count). The topological polar surface area (TPSA) is 62.4 Å². The summed E-state index contributed by atoms with van der Waals surface area (Å²) in [4.78, 5) is 6.61. The van der Waals surface area contributed by atoms with Crippen LogP contribution in [-0.4, -0.2) is 38.8 Å². The predicted molar refractivity (Wildman–Crippen MR) is 58.8 cm³/mol. The standard InChI is InChI=1S/C11H19N3O2/c1-8(2)14-5-3-4-9(14)6-11-12-10(7-15)13-16-11/h8-9,15H,3-7H2,1-2H3. The van der Waals surface area contributed by atoms with Crippen LogP contribution in [0.4, 0.5) is 0 Å². The molecular weight excluding hydrogens is 206 g/mol. The van der Waals surface area contributed by atoms with Gasteiger partial charge in [0.1, 0.15) is 6.61 Å². The maximum absolute atomic E-state index is 8.86. The minimum atomic E-state index is -0.151. The summed E-state index contributed by atoms with van der Waals surface area (Å²) in [7, 11) is 0. The van der Waals surface area contributed by atoms with E-state index in [2.05, 4.69) is 28.9 Å². The van der Waals surface area contributed by atoms with E-state index in [0.717, 1.165) is 13.0 Å². The van der Waals surface area contributed by atoms with Gasteiger partial charge < -0.3 is 9.63 Å². The van der Waals surface area contributed by atoms with Crippen molar-refractivity contribution in [2.45, 2.75) is 51.8 Å². The van der Waals surface area contributed by atoms with E-state index in [1.807, 2.05) is 0 Å². The number of rotatable bonds is 4. The minimum Gasteiger partial charge on any atom is -0.388 e. The van der Waals surface area contributed by atoms with Gasteiger partial charge >= 0.3 is 0 Å². The minimum absolute atomic E-state index is 0.151. The van der Waals surface area contributed by atoms with Gasteiger partial charge in [-0.15, -0.1) is 0 Å². The van der Waals surface area contributed by atoms with Gasteiger partial charge in [0.2, 0.25) is 5.89 Å². The van der Waals surface area contributed by atoms with Crippen LogP contribution in [0.3, 0.4) is 0 Å². The summed E-state index contributed by atoms with van der Waals surface area (Å²) >= 11 is 0. The Morgan fingerprint density at radius 3 is 3.00 bits per heavy atom. The van der Waals surface area contributed by atoms with Crippen LogP contribution >= 0.6 is 0 Å². The zero-order valence-electron chi connectivity index (χ0n) is 9.89. The molecule has 0 aliphatic carbocycles. The molecule has 1 unspecified atom stereocenters. The third-order valence-corrected chi connectivity index (χ3v) is 3.15. The van der Waals surface area contributed by atoms with Crippen LogP contribution in [0.2, 0.25) is 0 Å². The molecule has 0 spiro atoms. The average molecular weight is 225 g/mol. The molecule has 0 radical (unpaired) electrons. The number of hydrogen-bond donors (Lipinski definition) is 1. The second kappa shape index (κ2) is 4.93. The Hall–Kier alpha value is -0.940. The van der Waals surface area contributed by atoms with Crippen molar-refractivity contribution < 1.29 is 9.63 Å². The first kappa shape index (κ1) is 11.5. The third kappa shape index (κ3) is 2.41. The molecule has 0 aromatic carbocycles. The molecule has 5 heteroatoms. The second-order valence-electron chi connectivity index (χ2n) is 4.59. The van der Waals surface area contributed by atoms with E-state index in [1.165, 1.54) is 12.8 Å². The lowest BCUT2D eigenvalue weighted by Gasteiger charge is -2.27. The van der Waals surface area contributed by atoms with Crippen molar-refractivity contribution in [3.63, 3.8) is 0 Å². The maximum Gasteiger partial charge on any atom is 0.228 e. The normalized spacial score (nSPS) is 22.1. The van der Waals surface area contributed by atoms with Gasteiger partial charge in [0.05, 0.1) is 0 Å². The summed E-state index contributed by atoms with van der Waals surface area (Å²) in [5, 5.41) is 12.5. The highest BCUT2D eigenvalue weighted by atomic mass is 16.5.